The highest BCUT2D eigenvalue weighted by molar-refractivity contribution is 6.62. The second-order valence-electron chi connectivity index (χ2n) is 9.49. The number of urea groups is 1. The van der Waals surface area contributed by atoms with E-state index in [-0.39, 0.29) is 17.6 Å². The normalized spacial score (nSPS) is 19.4. The Morgan fingerprint density at radius 3 is 2.25 bits per heavy atom. The Kier molecular flexibility index (Phi) is 6.19. The average molecular weight is 394 g/mol. The number of nitrogens with one attached hydrogen (secondary N) is 2. The van der Waals surface area contributed by atoms with Crippen molar-refractivity contribution in [2.45, 2.75) is 72.7 Å². The molecule has 3 N–H and O–H groups in total. The summed E-state index contributed by atoms with van der Waals surface area (Å²) in [6.45, 7) is 15.2. The summed E-state index contributed by atoms with van der Waals surface area (Å²) in [5.41, 5.74) is -0.0564. The van der Waals surface area contributed by atoms with E-state index in [1.807, 2.05) is 48.5 Å². The van der Waals surface area contributed by atoms with Crippen LogP contribution in [0, 0.1) is 18.2 Å². The van der Waals surface area contributed by atoms with Gasteiger partial charge in [-0.15, -0.1) is 0 Å². The number of rotatable bonds is 4. The topological polar surface area (TPSA) is 79.8 Å². The first-order valence-electron chi connectivity index (χ1n) is 9.52. The minimum Gasteiger partial charge on any atom is -0.399 e. The van der Waals surface area contributed by atoms with Crippen molar-refractivity contribution in [3.8, 4) is 0 Å². The molecule has 28 heavy (non-hydrogen) atoms. The molecule has 0 bridgehead atoms. The molecule has 1 unspecified atom stereocenters. The Labute approximate surface area is 167 Å². The standard InChI is InChI=1S/C20H32BFN2O4/c1-12-9-14(22)15(24-17(26)23-11-16(25)18(2,3)4)10-13(12)21-27-19(5,6)20(7,8)28-21/h9-10,16,25H,11H2,1-8H3,(H2,23,24,26). The molecule has 1 fully saturated rings. The number of anilines is 1. The molecule has 1 saturated heterocycles. The smallest absolute Gasteiger partial charge is 0.399 e. The summed E-state index contributed by atoms with van der Waals surface area (Å²) in [5.74, 6) is -0.552. The van der Waals surface area contributed by atoms with Gasteiger partial charge in [0.1, 0.15) is 5.82 Å². The maximum atomic E-state index is 14.4. The molecule has 1 aliphatic rings. The lowest BCUT2D eigenvalue weighted by Crippen LogP contribution is -2.41. The Morgan fingerprint density at radius 1 is 1.21 bits per heavy atom. The second kappa shape index (κ2) is 7.65. The van der Waals surface area contributed by atoms with Crippen LogP contribution in [0.15, 0.2) is 12.1 Å². The predicted molar refractivity (Wildman–Crippen MR) is 109 cm³/mol. The summed E-state index contributed by atoms with van der Waals surface area (Å²) < 4.78 is 26.5. The average Bonchev–Trinajstić information content (AvgIpc) is 2.74. The van der Waals surface area contributed by atoms with Gasteiger partial charge < -0.3 is 25.0 Å². The summed E-state index contributed by atoms with van der Waals surface area (Å²) in [7, 11) is -0.656. The van der Waals surface area contributed by atoms with Crippen molar-refractivity contribution in [3.05, 3.63) is 23.5 Å². The van der Waals surface area contributed by atoms with E-state index in [0.717, 1.165) is 0 Å². The molecule has 0 radical (unpaired) electrons. The maximum absolute atomic E-state index is 14.4. The minimum absolute atomic E-state index is 0.0260. The first kappa shape index (κ1) is 22.7. The Balaban J connectivity index is 2.15. The number of carbonyl (C=O) groups excluding carboxylic acids is 1. The first-order valence-corrected chi connectivity index (χ1v) is 9.52. The molecule has 1 aliphatic heterocycles. The van der Waals surface area contributed by atoms with Crippen LogP contribution in [-0.2, 0) is 9.31 Å². The van der Waals surface area contributed by atoms with Gasteiger partial charge in [0.05, 0.1) is 23.0 Å². The lowest BCUT2D eigenvalue weighted by Gasteiger charge is -2.32. The van der Waals surface area contributed by atoms with Crippen LogP contribution in [0.5, 0.6) is 0 Å². The molecule has 1 heterocycles. The van der Waals surface area contributed by atoms with E-state index < -0.39 is 36.3 Å². The zero-order chi connectivity index (χ0) is 21.5. The second-order valence-corrected chi connectivity index (χ2v) is 9.49. The fourth-order valence-corrected chi connectivity index (χ4v) is 2.67. The number of carbonyl (C=O) groups is 1. The zero-order valence-electron chi connectivity index (χ0n) is 18.1. The molecule has 2 amide bonds. The molecule has 0 aliphatic carbocycles. The van der Waals surface area contributed by atoms with Gasteiger partial charge in [-0.05, 0) is 63.2 Å². The molecule has 1 aromatic carbocycles. The third kappa shape index (κ3) is 4.85. The fraction of sp³-hybridized carbons (Fsp3) is 0.650. The van der Waals surface area contributed by atoms with Crippen molar-refractivity contribution < 1.29 is 23.6 Å². The number of aliphatic hydroxyl groups excluding tert-OH is 1. The largest absolute Gasteiger partial charge is 0.495 e. The minimum atomic E-state index is -0.721. The van der Waals surface area contributed by atoms with Crippen molar-refractivity contribution >= 4 is 24.3 Å². The number of aryl methyl sites for hydroxylation is 1. The molecule has 1 aromatic rings. The van der Waals surface area contributed by atoms with E-state index in [0.29, 0.717) is 11.0 Å². The van der Waals surface area contributed by atoms with Crippen LogP contribution in [-0.4, -0.2) is 42.1 Å². The molecule has 8 heteroatoms. The van der Waals surface area contributed by atoms with Gasteiger partial charge in [-0.1, -0.05) is 20.8 Å². The van der Waals surface area contributed by atoms with Gasteiger partial charge in [-0.25, -0.2) is 9.18 Å². The summed E-state index contributed by atoms with van der Waals surface area (Å²) in [6, 6.07) is 2.29. The number of amides is 2. The summed E-state index contributed by atoms with van der Waals surface area (Å²) in [5, 5.41) is 15.1. The van der Waals surface area contributed by atoms with Gasteiger partial charge in [0, 0.05) is 6.54 Å². The third-order valence-corrected chi connectivity index (χ3v) is 5.57. The van der Waals surface area contributed by atoms with Gasteiger partial charge in [0.25, 0.3) is 0 Å². The summed E-state index contributed by atoms with van der Waals surface area (Å²) in [6.07, 6.45) is -0.721. The number of halogens is 1. The molecule has 0 spiro atoms. The molecule has 0 aromatic heterocycles. The van der Waals surface area contributed by atoms with Gasteiger partial charge in [-0.3, -0.25) is 0 Å². The molecule has 0 saturated carbocycles. The van der Waals surface area contributed by atoms with Crippen LogP contribution in [0.2, 0.25) is 0 Å². The fourth-order valence-electron chi connectivity index (χ4n) is 2.67. The summed E-state index contributed by atoms with van der Waals surface area (Å²) in [4.78, 5) is 12.2. The monoisotopic (exact) mass is 394 g/mol. The van der Waals surface area contributed by atoms with Crippen molar-refractivity contribution in [1.82, 2.24) is 5.32 Å². The quantitative estimate of drug-likeness (QED) is 0.686. The van der Waals surface area contributed by atoms with E-state index in [9.17, 15) is 14.3 Å². The molecular formula is C20H32BFN2O4. The van der Waals surface area contributed by atoms with E-state index in [4.69, 9.17) is 9.31 Å². The van der Waals surface area contributed by atoms with E-state index >= 15 is 0 Å². The Bertz CT molecular complexity index is 730. The highest BCUT2D eigenvalue weighted by Gasteiger charge is 2.52. The third-order valence-electron chi connectivity index (χ3n) is 5.57. The van der Waals surface area contributed by atoms with Crippen LogP contribution >= 0.6 is 0 Å². The zero-order valence-corrected chi connectivity index (χ0v) is 18.1. The predicted octanol–water partition coefficient (Wildman–Crippen LogP) is 2.96. The van der Waals surface area contributed by atoms with E-state index in [1.54, 1.807) is 6.92 Å². The number of hydrogen-bond donors (Lipinski definition) is 3. The van der Waals surface area contributed by atoms with E-state index in [1.165, 1.54) is 12.1 Å². The number of hydrogen-bond acceptors (Lipinski definition) is 4. The molecule has 2 rings (SSSR count). The van der Waals surface area contributed by atoms with Crippen molar-refractivity contribution in [3.63, 3.8) is 0 Å². The van der Waals surface area contributed by atoms with Crippen LogP contribution in [0.4, 0.5) is 14.9 Å². The highest BCUT2D eigenvalue weighted by Crippen LogP contribution is 2.37. The summed E-state index contributed by atoms with van der Waals surface area (Å²) >= 11 is 0. The molecule has 1 atom stereocenters. The Hall–Kier alpha value is -1.64. The van der Waals surface area contributed by atoms with Crippen LogP contribution in [0.1, 0.15) is 54.0 Å². The van der Waals surface area contributed by atoms with Gasteiger partial charge in [0.2, 0.25) is 0 Å². The van der Waals surface area contributed by atoms with Crippen LogP contribution < -0.4 is 16.1 Å². The van der Waals surface area contributed by atoms with E-state index in [2.05, 4.69) is 10.6 Å². The van der Waals surface area contributed by atoms with Crippen molar-refractivity contribution in [2.24, 2.45) is 5.41 Å². The first-order chi connectivity index (χ1) is 12.6. The van der Waals surface area contributed by atoms with Crippen molar-refractivity contribution in [2.75, 3.05) is 11.9 Å². The van der Waals surface area contributed by atoms with Gasteiger partial charge in [0.15, 0.2) is 0 Å². The lowest BCUT2D eigenvalue weighted by atomic mass is 9.76. The van der Waals surface area contributed by atoms with Gasteiger partial charge >= 0.3 is 13.1 Å². The lowest BCUT2D eigenvalue weighted by molar-refractivity contribution is 0.00578. The molecular weight excluding hydrogens is 362 g/mol. The molecule has 156 valence electrons. The van der Waals surface area contributed by atoms with Crippen molar-refractivity contribution in [1.29, 1.82) is 0 Å². The Morgan fingerprint density at radius 2 is 1.75 bits per heavy atom. The molecule has 6 nitrogen and oxygen atoms in total. The van der Waals surface area contributed by atoms with Gasteiger partial charge in [-0.2, -0.15) is 0 Å². The number of benzene rings is 1. The van der Waals surface area contributed by atoms with Crippen LogP contribution in [0.3, 0.4) is 0 Å². The van der Waals surface area contributed by atoms with Crippen LogP contribution in [0.25, 0.3) is 0 Å². The SMILES string of the molecule is Cc1cc(F)c(NC(=O)NCC(O)C(C)(C)C)cc1B1OC(C)(C)C(C)(C)O1. The highest BCUT2D eigenvalue weighted by atomic mass is 19.1. The maximum Gasteiger partial charge on any atom is 0.495 e. The number of aliphatic hydroxyl groups is 1.